The zero-order valence-corrected chi connectivity index (χ0v) is 11.9. The number of hydrogen-bond acceptors (Lipinski definition) is 3. The van der Waals surface area contributed by atoms with E-state index >= 15 is 0 Å². The molecule has 0 saturated heterocycles. The van der Waals surface area contributed by atoms with Crippen LogP contribution in [0.4, 0.5) is 0 Å². The van der Waals surface area contributed by atoms with Gasteiger partial charge < -0.3 is 4.74 Å². The van der Waals surface area contributed by atoms with Crippen molar-refractivity contribution >= 4 is 0 Å². The molecule has 0 bridgehead atoms. The van der Waals surface area contributed by atoms with Gasteiger partial charge in [0.1, 0.15) is 11.3 Å². The van der Waals surface area contributed by atoms with Crippen LogP contribution >= 0.6 is 0 Å². The molecule has 2 aliphatic rings. The lowest BCUT2D eigenvalue weighted by Crippen LogP contribution is -2.49. The minimum absolute atomic E-state index is 0.461. The van der Waals surface area contributed by atoms with Gasteiger partial charge in [0.25, 0.3) is 0 Å². The van der Waals surface area contributed by atoms with Crippen LogP contribution in [-0.2, 0) is 5.54 Å². The van der Waals surface area contributed by atoms with E-state index in [4.69, 9.17) is 4.74 Å². The van der Waals surface area contributed by atoms with Crippen molar-refractivity contribution in [1.29, 1.82) is 5.26 Å². The molecule has 3 heteroatoms. The second kappa shape index (κ2) is 5.85. The molecule has 0 spiro atoms. The van der Waals surface area contributed by atoms with Crippen LogP contribution in [0, 0.1) is 11.3 Å². The third-order valence-electron chi connectivity index (χ3n) is 4.58. The Kier molecular flexibility index (Phi) is 3.93. The number of nitrogens with one attached hydrogen (secondary N) is 1. The first kappa shape index (κ1) is 13.5. The van der Waals surface area contributed by atoms with Gasteiger partial charge in [0, 0.05) is 18.0 Å². The topological polar surface area (TPSA) is 45.0 Å². The molecule has 1 atom stereocenters. The predicted octanol–water partition coefficient (Wildman–Crippen LogP) is 3.50. The number of fused-ring (bicyclic) bond motifs is 1. The monoisotopic (exact) mass is 270 g/mol. The minimum Gasteiger partial charge on any atom is -0.493 e. The maximum Gasteiger partial charge on any atom is 0.139 e. The average Bonchev–Trinajstić information content (AvgIpc) is 2.76. The molecule has 0 radical (unpaired) electrons. The minimum atomic E-state index is -0.566. The molecule has 1 aliphatic heterocycles. The smallest absolute Gasteiger partial charge is 0.139 e. The quantitative estimate of drug-likeness (QED) is 0.837. The maximum absolute atomic E-state index is 9.82. The van der Waals surface area contributed by atoms with Crippen LogP contribution in [-0.4, -0.2) is 12.6 Å². The lowest BCUT2D eigenvalue weighted by Gasteiger charge is -2.37. The van der Waals surface area contributed by atoms with E-state index in [9.17, 15) is 5.26 Å². The standard InChI is InChI=1S/C17H22N2O/c18-13-17(19-14-7-3-1-2-4-8-14)11-12-20-16-10-6-5-9-15(16)17/h5-6,9-10,14,19H,1-4,7-8,11-12H2. The highest BCUT2D eigenvalue weighted by atomic mass is 16.5. The van der Waals surface area contributed by atoms with Gasteiger partial charge in [-0.3, -0.25) is 5.32 Å². The second-order valence-corrected chi connectivity index (χ2v) is 5.94. The lowest BCUT2D eigenvalue weighted by molar-refractivity contribution is 0.203. The summed E-state index contributed by atoms with van der Waals surface area (Å²) in [5.74, 6) is 0.862. The molecule has 1 saturated carbocycles. The molecule has 1 fully saturated rings. The van der Waals surface area contributed by atoms with E-state index in [0.29, 0.717) is 12.6 Å². The Balaban J connectivity index is 1.87. The number of nitriles is 1. The number of nitrogens with zero attached hydrogens (tertiary/aromatic N) is 1. The van der Waals surface area contributed by atoms with Gasteiger partial charge in [0.2, 0.25) is 0 Å². The zero-order valence-electron chi connectivity index (χ0n) is 11.9. The van der Waals surface area contributed by atoms with Crippen molar-refractivity contribution in [1.82, 2.24) is 5.32 Å². The van der Waals surface area contributed by atoms with Crippen LogP contribution in [0.3, 0.4) is 0 Å². The van der Waals surface area contributed by atoms with E-state index in [1.54, 1.807) is 0 Å². The molecule has 1 aromatic rings. The summed E-state index contributed by atoms with van der Waals surface area (Å²) in [5.41, 5.74) is 0.446. The van der Waals surface area contributed by atoms with E-state index in [-0.39, 0.29) is 0 Å². The molecular formula is C17H22N2O. The molecular weight excluding hydrogens is 248 g/mol. The first-order valence-electron chi connectivity index (χ1n) is 7.75. The van der Waals surface area contributed by atoms with Gasteiger partial charge in [0.15, 0.2) is 0 Å². The highest BCUT2D eigenvalue weighted by molar-refractivity contribution is 5.44. The van der Waals surface area contributed by atoms with Gasteiger partial charge in [0.05, 0.1) is 12.7 Å². The van der Waals surface area contributed by atoms with Crippen molar-refractivity contribution in [3.8, 4) is 11.8 Å². The molecule has 1 heterocycles. The number of rotatable bonds is 2. The fourth-order valence-electron chi connectivity index (χ4n) is 3.46. The molecule has 1 N–H and O–H groups in total. The average molecular weight is 270 g/mol. The largest absolute Gasteiger partial charge is 0.493 e. The summed E-state index contributed by atoms with van der Waals surface area (Å²) in [6.07, 6.45) is 8.32. The first-order valence-corrected chi connectivity index (χ1v) is 7.75. The Morgan fingerprint density at radius 1 is 1.15 bits per heavy atom. The third kappa shape index (κ3) is 2.53. The van der Waals surface area contributed by atoms with Gasteiger partial charge in [-0.05, 0) is 18.9 Å². The van der Waals surface area contributed by atoms with Gasteiger partial charge in [-0.1, -0.05) is 43.9 Å². The fraction of sp³-hybridized carbons (Fsp3) is 0.588. The second-order valence-electron chi connectivity index (χ2n) is 5.94. The van der Waals surface area contributed by atoms with Crippen LogP contribution < -0.4 is 10.1 Å². The molecule has 1 aromatic carbocycles. The highest BCUT2D eigenvalue weighted by Crippen LogP contribution is 2.37. The summed E-state index contributed by atoms with van der Waals surface area (Å²) >= 11 is 0. The van der Waals surface area contributed by atoms with Crippen molar-refractivity contribution in [2.75, 3.05) is 6.61 Å². The van der Waals surface area contributed by atoms with E-state index in [1.165, 1.54) is 38.5 Å². The number of ether oxygens (including phenoxy) is 1. The van der Waals surface area contributed by atoms with E-state index < -0.39 is 5.54 Å². The Bertz CT molecular complexity index is 500. The summed E-state index contributed by atoms with van der Waals surface area (Å²) in [5, 5.41) is 13.5. The molecule has 106 valence electrons. The SMILES string of the molecule is N#CC1(NC2CCCCCC2)CCOc2ccccc21. The number of hydrogen-bond donors (Lipinski definition) is 1. The van der Waals surface area contributed by atoms with Gasteiger partial charge in [-0.2, -0.15) is 5.26 Å². The zero-order chi connectivity index (χ0) is 13.8. The Labute approximate surface area is 120 Å². The lowest BCUT2D eigenvalue weighted by atomic mass is 9.84. The van der Waals surface area contributed by atoms with E-state index in [0.717, 1.165) is 17.7 Å². The van der Waals surface area contributed by atoms with Crippen molar-refractivity contribution in [3.63, 3.8) is 0 Å². The molecule has 20 heavy (non-hydrogen) atoms. The molecule has 3 nitrogen and oxygen atoms in total. The van der Waals surface area contributed by atoms with Crippen molar-refractivity contribution in [3.05, 3.63) is 29.8 Å². The number of para-hydroxylation sites is 1. The van der Waals surface area contributed by atoms with Crippen LogP contribution in [0.5, 0.6) is 5.75 Å². The van der Waals surface area contributed by atoms with E-state index in [1.807, 2.05) is 24.3 Å². The van der Waals surface area contributed by atoms with Crippen LogP contribution in [0.15, 0.2) is 24.3 Å². The van der Waals surface area contributed by atoms with Crippen molar-refractivity contribution in [2.45, 2.75) is 56.5 Å². The molecule has 0 aromatic heterocycles. The normalized spacial score (nSPS) is 26.9. The third-order valence-corrected chi connectivity index (χ3v) is 4.58. The molecule has 3 rings (SSSR count). The van der Waals surface area contributed by atoms with Crippen LogP contribution in [0.1, 0.15) is 50.5 Å². The number of benzene rings is 1. The van der Waals surface area contributed by atoms with Gasteiger partial charge in [-0.15, -0.1) is 0 Å². The van der Waals surface area contributed by atoms with Crippen molar-refractivity contribution < 1.29 is 4.74 Å². The summed E-state index contributed by atoms with van der Waals surface area (Å²) in [6.45, 7) is 0.615. The molecule has 1 aliphatic carbocycles. The summed E-state index contributed by atoms with van der Waals surface area (Å²) < 4.78 is 5.70. The van der Waals surface area contributed by atoms with Crippen molar-refractivity contribution in [2.24, 2.45) is 0 Å². The first-order chi connectivity index (χ1) is 9.84. The summed E-state index contributed by atoms with van der Waals surface area (Å²) in [7, 11) is 0. The maximum atomic E-state index is 9.82. The van der Waals surface area contributed by atoms with Gasteiger partial charge in [-0.25, -0.2) is 0 Å². The fourth-order valence-corrected chi connectivity index (χ4v) is 3.46. The van der Waals surface area contributed by atoms with Crippen LogP contribution in [0.2, 0.25) is 0 Å². The Hall–Kier alpha value is -1.53. The Morgan fingerprint density at radius 2 is 1.90 bits per heavy atom. The van der Waals surface area contributed by atoms with Gasteiger partial charge >= 0.3 is 0 Å². The summed E-state index contributed by atoms with van der Waals surface area (Å²) in [6, 6.07) is 11.0. The highest BCUT2D eigenvalue weighted by Gasteiger charge is 2.39. The predicted molar refractivity (Wildman–Crippen MR) is 78.5 cm³/mol. The molecule has 0 amide bonds. The summed E-state index contributed by atoms with van der Waals surface area (Å²) in [4.78, 5) is 0. The Morgan fingerprint density at radius 3 is 2.65 bits per heavy atom. The van der Waals surface area contributed by atoms with E-state index in [2.05, 4.69) is 11.4 Å². The van der Waals surface area contributed by atoms with Crippen LogP contribution in [0.25, 0.3) is 0 Å². The molecule has 1 unspecified atom stereocenters.